The third-order valence-electron chi connectivity index (χ3n) is 5.71. The van der Waals surface area contributed by atoms with Gasteiger partial charge in [0, 0.05) is 17.1 Å². The van der Waals surface area contributed by atoms with Gasteiger partial charge in [-0.2, -0.15) is 0 Å². The largest absolute Gasteiger partial charge is 0.385 e. The van der Waals surface area contributed by atoms with E-state index in [1.165, 1.54) is 15.4 Å². The van der Waals surface area contributed by atoms with Crippen molar-refractivity contribution >= 4 is 11.3 Å². The van der Waals surface area contributed by atoms with E-state index in [1.807, 2.05) is 6.20 Å². The molecule has 1 fully saturated rings. The van der Waals surface area contributed by atoms with Gasteiger partial charge in [0.15, 0.2) is 0 Å². The molecule has 0 aliphatic heterocycles. The van der Waals surface area contributed by atoms with Gasteiger partial charge in [0.25, 0.3) is 0 Å². The lowest BCUT2D eigenvalue weighted by Crippen LogP contribution is -2.41. The van der Waals surface area contributed by atoms with Gasteiger partial charge in [-0.1, -0.05) is 45.0 Å². The second kappa shape index (κ2) is 8.20. The molecular formula is C22H32N2OS. The lowest BCUT2D eigenvalue weighted by molar-refractivity contribution is -0.00947. The van der Waals surface area contributed by atoms with Crippen LogP contribution in [0.3, 0.4) is 0 Å². The molecule has 4 heteroatoms. The number of aliphatic hydroxyl groups is 1. The predicted molar refractivity (Wildman–Crippen MR) is 110 cm³/mol. The maximum atomic E-state index is 11.2. The van der Waals surface area contributed by atoms with Gasteiger partial charge in [0.2, 0.25) is 0 Å². The summed E-state index contributed by atoms with van der Waals surface area (Å²) >= 11 is 1.79. The van der Waals surface area contributed by atoms with E-state index in [-0.39, 0.29) is 0 Å². The van der Waals surface area contributed by atoms with Gasteiger partial charge in [-0.25, -0.2) is 4.98 Å². The lowest BCUT2D eigenvalue weighted by atomic mass is 9.77. The Kier molecular flexibility index (Phi) is 6.16. The lowest BCUT2D eigenvalue weighted by Gasteiger charge is -2.38. The molecule has 142 valence electrons. The van der Waals surface area contributed by atoms with Crippen molar-refractivity contribution in [3.63, 3.8) is 0 Å². The van der Waals surface area contributed by atoms with E-state index in [4.69, 9.17) is 0 Å². The van der Waals surface area contributed by atoms with Crippen LogP contribution in [-0.2, 0) is 5.60 Å². The van der Waals surface area contributed by atoms with Crippen LogP contribution in [0.15, 0.2) is 30.5 Å². The van der Waals surface area contributed by atoms with Gasteiger partial charge in [-0.3, -0.25) is 0 Å². The summed E-state index contributed by atoms with van der Waals surface area (Å²) < 4.78 is 0. The fourth-order valence-electron chi connectivity index (χ4n) is 3.91. The number of rotatable bonds is 6. The van der Waals surface area contributed by atoms with E-state index in [0.29, 0.717) is 18.0 Å². The summed E-state index contributed by atoms with van der Waals surface area (Å²) in [6.07, 6.45) is 6.65. The zero-order valence-electron chi connectivity index (χ0n) is 16.5. The summed E-state index contributed by atoms with van der Waals surface area (Å²) in [6, 6.07) is 9.36. The van der Waals surface area contributed by atoms with Crippen LogP contribution < -0.4 is 5.32 Å². The zero-order valence-corrected chi connectivity index (χ0v) is 17.3. The molecule has 1 aliphatic rings. The van der Waals surface area contributed by atoms with Gasteiger partial charge >= 0.3 is 0 Å². The van der Waals surface area contributed by atoms with Gasteiger partial charge in [-0.05, 0) is 56.1 Å². The molecule has 2 N–H and O–H groups in total. The van der Waals surface area contributed by atoms with Crippen LogP contribution in [-0.4, -0.2) is 16.1 Å². The molecule has 1 saturated carbocycles. The topological polar surface area (TPSA) is 45.1 Å². The first-order valence-corrected chi connectivity index (χ1v) is 10.7. The zero-order chi connectivity index (χ0) is 18.7. The molecule has 0 saturated heterocycles. The van der Waals surface area contributed by atoms with Crippen LogP contribution in [0.5, 0.6) is 0 Å². The van der Waals surface area contributed by atoms with Gasteiger partial charge in [0.1, 0.15) is 5.01 Å². The Labute approximate surface area is 161 Å². The smallest absolute Gasteiger partial charge is 0.110 e. The van der Waals surface area contributed by atoms with Crippen molar-refractivity contribution in [2.75, 3.05) is 0 Å². The number of aromatic nitrogens is 1. The van der Waals surface area contributed by atoms with Crippen molar-refractivity contribution in [1.82, 2.24) is 10.3 Å². The molecule has 1 heterocycles. The normalized spacial score (nSPS) is 24.8. The first-order valence-electron chi connectivity index (χ1n) is 9.92. The van der Waals surface area contributed by atoms with Crippen molar-refractivity contribution in [3.05, 3.63) is 51.5 Å². The maximum absolute atomic E-state index is 11.2. The van der Waals surface area contributed by atoms with E-state index in [2.05, 4.69) is 62.3 Å². The molecule has 1 atom stereocenters. The molecule has 1 aromatic heterocycles. The molecule has 0 spiro atoms. The van der Waals surface area contributed by atoms with E-state index >= 15 is 0 Å². The number of thiazole rings is 1. The molecule has 0 radical (unpaired) electrons. The average Bonchev–Trinajstić information content (AvgIpc) is 3.07. The number of hydrogen-bond donors (Lipinski definition) is 2. The first-order chi connectivity index (χ1) is 12.4. The Balaban J connectivity index is 1.60. The van der Waals surface area contributed by atoms with E-state index in [1.54, 1.807) is 11.3 Å². The highest BCUT2D eigenvalue weighted by atomic mass is 32.1. The van der Waals surface area contributed by atoms with Crippen LogP contribution in [0.4, 0.5) is 0 Å². The third-order valence-corrected chi connectivity index (χ3v) is 6.74. The van der Waals surface area contributed by atoms with Crippen LogP contribution >= 0.6 is 11.3 Å². The number of nitrogens with zero attached hydrogens (tertiary/aromatic N) is 1. The maximum Gasteiger partial charge on any atom is 0.110 e. The Hall–Kier alpha value is -1.23. The quantitative estimate of drug-likeness (QED) is 0.709. The van der Waals surface area contributed by atoms with E-state index in [0.717, 1.165) is 37.7 Å². The minimum Gasteiger partial charge on any atom is -0.385 e. The van der Waals surface area contributed by atoms with Gasteiger partial charge in [0.05, 0.1) is 11.6 Å². The molecule has 1 aliphatic carbocycles. The Morgan fingerprint density at radius 3 is 2.38 bits per heavy atom. The molecule has 0 amide bonds. The summed E-state index contributed by atoms with van der Waals surface area (Å²) in [5.41, 5.74) is 1.73. The highest BCUT2D eigenvalue weighted by Crippen LogP contribution is 2.38. The molecule has 26 heavy (non-hydrogen) atoms. The number of nitrogens with one attached hydrogen (secondary N) is 1. The van der Waals surface area contributed by atoms with Crippen molar-refractivity contribution in [1.29, 1.82) is 0 Å². The highest BCUT2D eigenvalue weighted by Gasteiger charge is 2.35. The summed E-state index contributed by atoms with van der Waals surface area (Å²) in [5.74, 6) is 0.527. The number of benzene rings is 1. The standard InChI is InChI=1S/C22H32N2OS/c1-5-20(21-23-14-16(4)26-21)24-19-10-12-22(25,13-11-19)18-8-6-17(7-9-18)15(2)3/h6-9,14-15,19-20,24-25H,5,10-13H2,1-4H3/t19?,20-,22?/m1/s1. The third kappa shape index (κ3) is 4.36. The minimum absolute atomic E-state index is 0.329. The van der Waals surface area contributed by atoms with Gasteiger partial charge < -0.3 is 10.4 Å². The Bertz CT molecular complexity index is 699. The Morgan fingerprint density at radius 2 is 1.88 bits per heavy atom. The van der Waals surface area contributed by atoms with Crippen LogP contribution in [0, 0.1) is 6.92 Å². The van der Waals surface area contributed by atoms with E-state index in [9.17, 15) is 5.11 Å². The SMILES string of the molecule is CC[C@@H](NC1CCC(O)(c2ccc(C(C)C)cc2)CC1)c1ncc(C)s1. The predicted octanol–water partition coefficient (Wildman–Crippen LogP) is 5.45. The molecule has 1 aromatic carbocycles. The minimum atomic E-state index is -0.673. The Morgan fingerprint density at radius 1 is 1.23 bits per heavy atom. The van der Waals surface area contributed by atoms with Crippen LogP contribution in [0.25, 0.3) is 0 Å². The first kappa shape index (κ1) is 19.5. The van der Waals surface area contributed by atoms with Crippen molar-refractivity contribution in [3.8, 4) is 0 Å². The highest BCUT2D eigenvalue weighted by molar-refractivity contribution is 7.11. The van der Waals surface area contributed by atoms with Gasteiger partial charge in [-0.15, -0.1) is 11.3 Å². The monoisotopic (exact) mass is 372 g/mol. The summed E-state index contributed by atoms with van der Waals surface area (Å²) in [6.45, 7) is 8.73. The molecular weight excluding hydrogens is 340 g/mol. The summed E-state index contributed by atoms with van der Waals surface area (Å²) in [5, 5.41) is 16.1. The summed E-state index contributed by atoms with van der Waals surface area (Å²) in [4.78, 5) is 5.82. The van der Waals surface area contributed by atoms with Crippen molar-refractivity contribution in [2.24, 2.45) is 0 Å². The molecule has 3 nitrogen and oxygen atoms in total. The fourth-order valence-corrected chi connectivity index (χ4v) is 4.83. The number of hydrogen-bond acceptors (Lipinski definition) is 4. The summed E-state index contributed by atoms with van der Waals surface area (Å²) in [7, 11) is 0. The van der Waals surface area contributed by atoms with Crippen molar-refractivity contribution in [2.45, 2.75) is 83.4 Å². The second-order valence-corrected chi connectivity index (χ2v) is 9.29. The average molecular weight is 373 g/mol. The van der Waals surface area contributed by atoms with E-state index < -0.39 is 5.60 Å². The fraction of sp³-hybridized carbons (Fsp3) is 0.591. The second-order valence-electron chi connectivity index (χ2n) is 8.02. The molecule has 0 unspecified atom stereocenters. The number of aryl methyl sites for hydroxylation is 1. The van der Waals surface area contributed by atoms with Crippen LogP contribution in [0.1, 0.15) is 85.8 Å². The van der Waals surface area contributed by atoms with Crippen LogP contribution in [0.2, 0.25) is 0 Å². The molecule has 3 rings (SSSR count). The molecule has 0 bridgehead atoms. The van der Waals surface area contributed by atoms with Crippen molar-refractivity contribution < 1.29 is 5.11 Å². The molecule has 2 aromatic rings.